The van der Waals surface area contributed by atoms with Crippen molar-refractivity contribution in [1.82, 2.24) is 9.97 Å². The molecule has 6 nitrogen and oxygen atoms in total. The minimum absolute atomic E-state index is 0.150. The van der Waals surface area contributed by atoms with Crippen LogP contribution in [0.3, 0.4) is 0 Å². The number of methoxy groups -OCH3 is 1. The zero-order chi connectivity index (χ0) is 16.2. The summed E-state index contributed by atoms with van der Waals surface area (Å²) >= 11 is 1.31. The first-order valence-electron chi connectivity index (χ1n) is 6.75. The molecule has 23 heavy (non-hydrogen) atoms. The molecule has 3 aromatic rings. The molecular weight excluding hydrogens is 316 g/mol. The highest BCUT2D eigenvalue weighted by Crippen LogP contribution is 2.28. The van der Waals surface area contributed by atoms with Crippen molar-refractivity contribution in [2.45, 2.75) is 6.61 Å². The Hall–Kier alpha value is -2.80. The summed E-state index contributed by atoms with van der Waals surface area (Å²) in [4.78, 5) is 18.4. The van der Waals surface area contributed by atoms with E-state index in [1.165, 1.54) is 17.6 Å². The highest BCUT2D eigenvalue weighted by atomic mass is 32.1. The van der Waals surface area contributed by atoms with Gasteiger partial charge in [-0.25, -0.2) is 4.98 Å². The van der Waals surface area contributed by atoms with Gasteiger partial charge in [0.25, 0.3) is 5.56 Å². The number of hydrogen-bond donors (Lipinski definition) is 1. The first-order valence-corrected chi connectivity index (χ1v) is 7.56. The van der Waals surface area contributed by atoms with Crippen molar-refractivity contribution in [3.05, 3.63) is 61.7 Å². The third kappa shape index (κ3) is 3.51. The molecule has 7 heteroatoms. The van der Waals surface area contributed by atoms with Crippen LogP contribution in [0.25, 0.3) is 12.7 Å². The predicted molar refractivity (Wildman–Crippen MR) is 87.1 cm³/mol. The Labute approximate surface area is 135 Å². The second-order valence-electron chi connectivity index (χ2n) is 4.61. The average molecular weight is 330 g/mol. The lowest BCUT2D eigenvalue weighted by Crippen LogP contribution is -2.19. The van der Waals surface area contributed by atoms with E-state index in [-0.39, 0.29) is 12.2 Å². The van der Waals surface area contributed by atoms with Gasteiger partial charge in [-0.15, -0.1) is 11.3 Å². The molecule has 1 aromatic carbocycles. The molecule has 0 radical (unpaired) electrons. The maximum atomic E-state index is 11.7. The van der Waals surface area contributed by atoms with E-state index < -0.39 is 0 Å². The molecule has 0 amide bonds. The van der Waals surface area contributed by atoms with Crippen molar-refractivity contribution in [2.75, 3.05) is 7.11 Å². The van der Waals surface area contributed by atoms with E-state index in [0.29, 0.717) is 26.6 Å². The first-order chi connectivity index (χ1) is 11.2. The number of rotatable bonds is 5. The fourth-order valence-electron chi connectivity index (χ4n) is 2.00. The lowest BCUT2D eigenvalue weighted by atomic mass is 10.2. The largest absolute Gasteiger partial charge is 0.493 e. The summed E-state index contributed by atoms with van der Waals surface area (Å²) < 4.78 is 17.3. The molecule has 0 aliphatic carbocycles. The van der Waals surface area contributed by atoms with Crippen molar-refractivity contribution < 1.29 is 13.9 Å². The number of hydrogen-bond acceptors (Lipinski definition) is 6. The highest BCUT2D eigenvalue weighted by molar-refractivity contribution is 7.07. The predicted octanol–water partition coefficient (Wildman–Crippen LogP) is 1.25. The molecule has 2 aromatic heterocycles. The van der Waals surface area contributed by atoms with Crippen molar-refractivity contribution in [3.8, 4) is 11.5 Å². The Bertz CT molecular complexity index is 957. The van der Waals surface area contributed by atoms with Gasteiger partial charge in [-0.05, 0) is 23.8 Å². The van der Waals surface area contributed by atoms with Crippen molar-refractivity contribution in [2.24, 2.45) is 0 Å². The van der Waals surface area contributed by atoms with Gasteiger partial charge in [0.05, 0.1) is 22.5 Å². The summed E-state index contributed by atoms with van der Waals surface area (Å²) in [6.07, 6.45) is 4.82. The maximum Gasteiger partial charge on any atom is 0.266 e. The average Bonchev–Trinajstić information content (AvgIpc) is 3.16. The van der Waals surface area contributed by atoms with Crippen LogP contribution in [0.1, 0.15) is 11.5 Å². The molecule has 0 unspecified atom stereocenters. The van der Waals surface area contributed by atoms with Crippen molar-refractivity contribution >= 4 is 24.0 Å². The number of oxazole rings is 1. The maximum absolute atomic E-state index is 11.7. The molecular formula is C16H14N2O4S. The Balaban J connectivity index is 1.87. The van der Waals surface area contributed by atoms with E-state index in [4.69, 9.17) is 13.9 Å². The second-order valence-corrected chi connectivity index (χ2v) is 5.75. The molecule has 0 spiro atoms. The van der Waals surface area contributed by atoms with E-state index in [1.54, 1.807) is 31.5 Å². The second kappa shape index (κ2) is 6.53. The normalized spacial score (nSPS) is 11.6. The van der Waals surface area contributed by atoms with Crippen LogP contribution in [0.2, 0.25) is 0 Å². The van der Waals surface area contributed by atoms with Crippen LogP contribution in [0.4, 0.5) is 0 Å². The van der Waals surface area contributed by atoms with Crippen LogP contribution in [-0.2, 0) is 6.61 Å². The topological polar surface area (TPSA) is 77.4 Å². The minimum atomic E-state index is -0.150. The number of nitrogens with one attached hydrogen (secondary N) is 1. The lowest BCUT2D eigenvalue weighted by Gasteiger charge is -2.09. The number of benzene rings is 1. The zero-order valence-electron chi connectivity index (χ0n) is 12.4. The molecule has 0 saturated heterocycles. The number of H-pyrrole nitrogens is 1. The van der Waals surface area contributed by atoms with Gasteiger partial charge in [-0.1, -0.05) is 12.6 Å². The Morgan fingerprint density at radius 2 is 2.30 bits per heavy atom. The SMILES string of the molecule is C=c1[nH]c(=O)/c(=C/c2ccc(OCc3ncco3)c(OC)c2)s1. The standard InChI is InChI=1S/C16H14N2O4S/c1-10-18-16(19)14(23-10)8-11-3-4-12(13(7-11)20-2)22-9-15-17-5-6-21-15/h3-8H,1,9H2,2H3,(H,18,19)/b14-8-. The van der Waals surface area contributed by atoms with Gasteiger partial charge < -0.3 is 18.9 Å². The summed E-state index contributed by atoms with van der Waals surface area (Å²) in [5.74, 6) is 1.62. The van der Waals surface area contributed by atoms with Gasteiger partial charge in [-0.3, -0.25) is 4.79 Å². The van der Waals surface area contributed by atoms with Crippen LogP contribution < -0.4 is 24.2 Å². The molecule has 0 fully saturated rings. The smallest absolute Gasteiger partial charge is 0.266 e. The van der Waals surface area contributed by atoms with Gasteiger partial charge in [-0.2, -0.15) is 0 Å². The van der Waals surface area contributed by atoms with E-state index in [0.717, 1.165) is 5.56 Å². The minimum Gasteiger partial charge on any atom is -0.493 e. The number of aromatic amines is 1. The van der Waals surface area contributed by atoms with Crippen LogP contribution in [0, 0.1) is 0 Å². The quantitative estimate of drug-likeness (QED) is 0.762. The highest BCUT2D eigenvalue weighted by Gasteiger charge is 2.07. The Morgan fingerprint density at radius 3 is 2.96 bits per heavy atom. The van der Waals surface area contributed by atoms with Crippen LogP contribution >= 0.6 is 11.3 Å². The summed E-state index contributed by atoms with van der Waals surface area (Å²) in [5.41, 5.74) is 0.681. The summed E-state index contributed by atoms with van der Waals surface area (Å²) in [7, 11) is 1.56. The number of ether oxygens (including phenoxy) is 2. The van der Waals surface area contributed by atoms with Crippen LogP contribution in [-0.4, -0.2) is 17.1 Å². The summed E-state index contributed by atoms with van der Waals surface area (Å²) in [5, 5.41) is 0. The lowest BCUT2D eigenvalue weighted by molar-refractivity contribution is 0.250. The zero-order valence-corrected chi connectivity index (χ0v) is 13.2. The van der Waals surface area contributed by atoms with Crippen molar-refractivity contribution in [1.29, 1.82) is 0 Å². The molecule has 3 rings (SSSR count). The van der Waals surface area contributed by atoms with Gasteiger partial charge >= 0.3 is 0 Å². The Kier molecular flexibility index (Phi) is 4.29. The fourth-order valence-corrected chi connectivity index (χ4v) is 2.74. The Morgan fingerprint density at radius 1 is 1.43 bits per heavy atom. The molecule has 2 heterocycles. The van der Waals surface area contributed by atoms with Crippen LogP contribution in [0.15, 0.2) is 39.9 Å². The van der Waals surface area contributed by atoms with Gasteiger partial charge in [0.2, 0.25) is 5.89 Å². The molecule has 1 N–H and O–H groups in total. The van der Waals surface area contributed by atoms with E-state index in [9.17, 15) is 4.79 Å². The molecule has 0 aliphatic heterocycles. The van der Waals surface area contributed by atoms with Gasteiger partial charge in [0.15, 0.2) is 18.1 Å². The third-order valence-corrected chi connectivity index (χ3v) is 3.90. The fraction of sp³-hybridized carbons (Fsp3) is 0.125. The van der Waals surface area contributed by atoms with E-state index >= 15 is 0 Å². The number of thiazole rings is 1. The van der Waals surface area contributed by atoms with Gasteiger partial charge in [0, 0.05) is 0 Å². The van der Waals surface area contributed by atoms with Gasteiger partial charge in [0.1, 0.15) is 6.26 Å². The molecule has 0 bridgehead atoms. The molecule has 0 aliphatic rings. The monoisotopic (exact) mass is 330 g/mol. The van der Waals surface area contributed by atoms with Crippen LogP contribution in [0.5, 0.6) is 11.5 Å². The number of nitrogens with zero attached hydrogens (tertiary/aromatic N) is 1. The van der Waals surface area contributed by atoms with E-state index in [1.807, 2.05) is 6.07 Å². The number of aromatic nitrogens is 2. The molecule has 0 atom stereocenters. The summed E-state index contributed by atoms with van der Waals surface area (Å²) in [6.45, 7) is 3.93. The van der Waals surface area contributed by atoms with Crippen molar-refractivity contribution in [3.63, 3.8) is 0 Å². The first kappa shape index (κ1) is 15.1. The molecule has 0 saturated carbocycles. The summed E-state index contributed by atoms with van der Waals surface area (Å²) in [6, 6.07) is 5.42. The van der Waals surface area contributed by atoms with E-state index in [2.05, 4.69) is 16.5 Å². The molecule has 118 valence electrons. The third-order valence-electron chi connectivity index (χ3n) is 3.03.